The topological polar surface area (TPSA) is 63.1 Å². The molecule has 0 aromatic carbocycles. The molecule has 6 nitrogen and oxygen atoms in total. The number of amides is 1. The highest BCUT2D eigenvalue weighted by atomic mass is 16.2. The van der Waals surface area contributed by atoms with E-state index < -0.39 is 0 Å². The summed E-state index contributed by atoms with van der Waals surface area (Å²) in [5, 5.41) is 11.9. The van der Waals surface area contributed by atoms with E-state index in [0.717, 1.165) is 45.3 Å². The molecule has 1 N–H and O–H groups in total. The third-order valence-electron chi connectivity index (χ3n) is 6.28. The number of carbonyl (C=O) groups excluding carboxylic acids is 1. The second-order valence-electron chi connectivity index (χ2n) is 7.63. The molecule has 1 aliphatic carbocycles. The van der Waals surface area contributed by atoms with Crippen LogP contribution in [0.2, 0.25) is 0 Å². The minimum atomic E-state index is 0.0609. The number of hydrogen-bond acceptors (Lipinski definition) is 4. The van der Waals surface area contributed by atoms with Crippen LogP contribution < -0.4 is 5.32 Å². The molecule has 126 valence electrons. The molecule has 23 heavy (non-hydrogen) atoms. The highest BCUT2D eigenvalue weighted by molar-refractivity contribution is 5.93. The van der Waals surface area contributed by atoms with Crippen molar-refractivity contribution >= 4 is 5.91 Å². The molecule has 3 aliphatic rings. The van der Waals surface area contributed by atoms with E-state index in [1.54, 1.807) is 0 Å². The summed E-state index contributed by atoms with van der Waals surface area (Å²) in [6.07, 6.45) is 10.1. The van der Waals surface area contributed by atoms with Crippen LogP contribution in [-0.2, 0) is 0 Å². The second kappa shape index (κ2) is 5.89. The van der Waals surface area contributed by atoms with E-state index in [4.69, 9.17) is 0 Å². The number of carbonyl (C=O) groups is 1. The summed E-state index contributed by atoms with van der Waals surface area (Å²) in [6, 6.07) is 0.369. The van der Waals surface area contributed by atoms with E-state index in [1.165, 1.54) is 19.3 Å². The number of rotatable bonds is 2. The Hall–Kier alpha value is -1.43. The van der Waals surface area contributed by atoms with Crippen molar-refractivity contribution in [2.45, 2.75) is 63.5 Å². The minimum Gasteiger partial charge on any atom is -0.331 e. The minimum absolute atomic E-state index is 0.0609. The van der Waals surface area contributed by atoms with E-state index >= 15 is 0 Å². The molecule has 3 fully saturated rings. The van der Waals surface area contributed by atoms with Crippen molar-refractivity contribution < 1.29 is 4.79 Å². The van der Waals surface area contributed by atoms with Crippen LogP contribution in [0.4, 0.5) is 0 Å². The average molecular weight is 317 g/mol. The molecule has 2 saturated heterocycles. The maximum Gasteiger partial charge on any atom is 0.276 e. The highest BCUT2D eigenvalue weighted by Gasteiger charge is 2.53. The molecule has 1 aromatic rings. The standard InChI is InChI=1S/C17H27N5O/c1-17-8-3-2-5-13(17)11-21(17)16(23)15-12-22(20-19-15)14-6-4-9-18-10-7-14/h12-14,18H,2-11H2,1H3/t13-,14?,17-/m0/s1. The summed E-state index contributed by atoms with van der Waals surface area (Å²) >= 11 is 0. The fourth-order valence-corrected chi connectivity index (χ4v) is 4.62. The predicted molar refractivity (Wildman–Crippen MR) is 87.2 cm³/mol. The van der Waals surface area contributed by atoms with Crippen LogP contribution in [0, 0.1) is 5.92 Å². The maximum atomic E-state index is 12.8. The lowest BCUT2D eigenvalue weighted by molar-refractivity contribution is -0.0695. The molecule has 6 heteroatoms. The molecule has 1 saturated carbocycles. The molecule has 1 unspecified atom stereocenters. The Labute approximate surface area is 137 Å². The van der Waals surface area contributed by atoms with Crippen LogP contribution in [-0.4, -0.2) is 51.0 Å². The first-order chi connectivity index (χ1) is 11.2. The van der Waals surface area contributed by atoms with Gasteiger partial charge in [0.15, 0.2) is 5.69 Å². The van der Waals surface area contributed by atoms with E-state index in [1.807, 2.05) is 15.8 Å². The first-order valence-electron chi connectivity index (χ1n) is 9.13. The smallest absolute Gasteiger partial charge is 0.276 e. The van der Waals surface area contributed by atoms with Crippen molar-refractivity contribution in [3.05, 3.63) is 11.9 Å². The van der Waals surface area contributed by atoms with Gasteiger partial charge in [-0.25, -0.2) is 4.68 Å². The molecular weight excluding hydrogens is 290 g/mol. The largest absolute Gasteiger partial charge is 0.331 e. The Morgan fingerprint density at radius 3 is 3.04 bits per heavy atom. The van der Waals surface area contributed by atoms with Crippen LogP contribution in [0.25, 0.3) is 0 Å². The van der Waals surface area contributed by atoms with Crippen molar-refractivity contribution in [2.75, 3.05) is 19.6 Å². The molecule has 3 heterocycles. The first kappa shape index (κ1) is 15.1. The van der Waals surface area contributed by atoms with Crippen LogP contribution >= 0.6 is 0 Å². The van der Waals surface area contributed by atoms with E-state index in [-0.39, 0.29) is 11.4 Å². The van der Waals surface area contributed by atoms with Crippen molar-refractivity contribution in [3.63, 3.8) is 0 Å². The molecule has 4 rings (SSSR count). The normalized spacial score (nSPS) is 34.4. The van der Waals surface area contributed by atoms with Crippen LogP contribution in [0.5, 0.6) is 0 Å². The quantitative estimate of drug-likeness (QED) is 0.906. The zero-order valence-corrected chi connectivity index (χ0v) is 14.0. The SMILES string of the molecule is C[C@]12CCCC[C@H]1CN2C(=O)c1cn(C2CCCNCC2)nn1. The fourth-order valence-electron chi connectivity index (χ4n) is 4.62. The highest BCUT2D eigenvalue weighted by Crippen LogP contribution is 2.47. The van der Waals surface area contributed by atoms with Gasteiger partial charge in [-0.2, -0.15) is 0 Å². The zero-order chi connectivity index (χ0) is 15.9. The molecule has 0 spiro atoms. The Morgan fingerprint density at radius 1 is 1.26 bits per heavy atom. The predicted octanol–water partition coefficient (Wildman–Crippen LogP) is 2.00. The maximum absolute atomic E-state index is 12.8. The van der Waals surface area contributed by atoms with Crippen LogP contribution in [0.1, 0.15) is 68.4 Å². The summed E-state index contributed by atoms with van der Waals surface area (Å²) in [5.41, 5.74) is 0.582. The van der Waals surface area contributed by atoms with Crippen molar-refractivity contribution in [1.82, 2.24) is 25.2 Å². The monoisotopic (exact) mass is 317 g/mol. The average Bonchev–Trinajstić information content (AvgIpc) is 2.87. The third-order valence-corrected chi connectivity index (χ3v) is 6.28. The Morgan fingerprint density at radius 2 is 2.17 bits per heavy atom. The van der Waals surface area contributed by atoms with E-state index in [9.17, 15) is 4.79 Å². The number of nitrogens with one attached hydrogen (secondary N) is 1. The third kappa shape index (κ3) is 2.57. The van der Waals surface area contributed by atoms with Gasteiger partial charge in [-0.05, 0) is 58.0 Å². The Balaban J connectivity index is 1.47. The van der Waals surface area contributed by atoms with Gasteiger partial charge in [0, 0.05) is 12.1 Å². The second-order valence-corrected chi connectivity index (χ2v) is 7.63. The van der Waals surface area contributed by atoms with Gasteiger partial charge < -0.3 is 10.2 Å². The van der Waals surface area contributed by atoms with Crippen molar-refractivity contribution in [2.24, 2.45) is 5.92 Å². The van der Waals surface area contributed by atoms with Crippen LogP contribution in [0.15, 0.2) is 6.20 Å². The number of likely N-dealkylation sites (tertiary alicyclic amines) is 1. The summed E-state index contributed by atoms with van der Waals surface area (Å²) in [5.74, 6) is 0.756. The van der Waals surface area contributed by atoms with Gasteiger partial charge in [0.1, 0.15) is 0 Å². The number of nitrogens with zero attached hydrogens (tertiary/aromatic N) is 4. The molecule has 3 atom stereocenters. The summed E-state index contributed by atoms with van der Waals surface area (Å²) in [4.78, 5) is 14.9. The van der Waals surface area contributed by atoms with E-state index in [0.29, 0.717) is 17.7 Å². The first-order valence-corrected chi connectivity index (χ1v) is 9.13. The Kier molecular flexibility index (Phi) is 3.87. The fraction of sp³-hybridized carbons (Fsp3) is 0.824. The van der Waals surface area contributed by atoms with Crippen LogP contribution in [0.3, 0.4) is 0 Å². The molecule has 1 amide bonds. The number of aromatic nitrogens is 3. The lowest BCUT2D eigenvalue weighted by Crippen LogP contribution is -2.68. The van der Waals surface area contributed by atoms with Gasteiger partial charge >= 0.3 is 0 Å². The molecule has 0 radical (unpaired) electrons. The number of hydrogen-bond donors (Lipinski definition) is 1. The molecular formula is C17H27N5O. The Bertz CT molecular complexity index is 577. The van der Waals surface area contributed by atoms with E-state index in [2.05, 4.69) is 22.6 Å². The molecule has 0 bridgehead atoms. The lowest BCUT2D eigenvalue weighted by Gasteiger charge is -2.59. The van der Waals surface area contributed by atoms with Gasteiger partial charge in [0.05, 0.1) is 12.2 Å². The zero-order valence-electron chi connectivity index (χ0n) is 14.0. The summed E-state index contributed by atoms with van der Waals surface area (Å²) < 4.78 is 1.92. The van der Waals surface area contributed by atoms with Crippen molar-refractivity contribution in [1.29, 1.82) is 0 Å². The number of fused-ring (bicyclic) bond motifs is 1. The summed E-state index contributed by atoms with van der Waals surface area (Å²) in [7, 11) is 0. The lowest BCUT2D eigenvalue weighted by atomic mass is 9.66. The molecule has 2 aliphatic heterocycles. The van der Waals surface area contributed by atoms with Gasteiger partial charge in [-0.3, -0.25) is 4.79 Å². The van der Waals surface area contributed by atoms with Crippen molar-refractivity contribution in [3.8, 4) is 0 Å². The van der Waals surface area contributed by atoms with Gasteiger partial charge in [-0.1, -0.05) is 18.1 Å². The molecule has 1 aromatic heterocycles. The van der Waals surface area contributed by atoms with Gasteiger partial charge in [0.2, 0.25) is 0 Å². The van der Waals surface area contributed by atoms with Gasteiger partial charge in [-0.15, -0.1) is 5.10 Å². The summed E-state index contributed by atoms with van der Waals surface area (Å²) in [6.45, 7) is 5.24. The van der Waals surface area contributed by atoms with Gasteiger partial charge in [0.25, 0.3) is 5.91 Å².